The highest BCUT2D eigenvalue weighted by molar-refractivity contribution is 7.91. The molecule has 1 atom stereocenters. The summed E-state index contributed by atoms with van der Waals surface area (Å²) in [5, 5.41) is 0. The smallest absolute Gasteiger partial charge is 0.234 e. The van der Waals surface area contributed by atoms with Crippen molar-refractivity contribution in [2.24, 2.45) is 5.73 Å². The van der Waals surface area contributed by atoms with E-state index in [0.29, 0.717) is 19.5 Å². The molecule has 1 heterocycles. The van der Waals surface area contributed by atoms with Crippen LogP contribution in [0.25, 0.3) is 0 Å². The van der Waals surface area contributed by atoms with Crippen LogP contribution in [0.3, 0.4) is 0 Å². The number of carbonyl (C=O) groups is 1. The molecule has 1 aliphatic rings. The zero-order valence-corrected chi connectivity index (χ0v) is 9.09. The lowest BCUT2D eigenvalue weighted by Gasteiger charge is -2.31. The number of hydrogen-bond acceptors (Lipinski definition) is 4. The predicted molar refractivity (Wildman–Crippen MR) is 53.5 cm³/mol. The van der Waals surface area contributed by atoms with Crippen LogP contribution in [0.2, 0.25) is 0 Å². The van der Waals surface area contributed by atoms with Crippen molar-refractivity contribution in [1.82, 2.24) is 4.90 Å². The van der Waals surface area contributed by atoms with E-state index in [0.717, 1.165) is 0 Å². The molecule has 14 heavy (non-hydrogen) atoms. The third-order valence-electron chi connectivity index (χ3n) is 2.53. The highest BCUT2D eigenvalue weighted by atomic mass is 32.2. The van der Waals surface area contributed by atoms with E-state index >= 15 is 0 Å². The van der Waals surface area contributed by atoms with Crippen molar-refractivity contribution in [2.75, 3.05) is 24.6 Å². The molecule has 0 spiro atoms. The maximum absolute atomic E-state index is 11.1. The van der Waals surface area contributed by atoms with Gasteiger partial charge in [0.25, 0.3) is 0 Å². The molecule has 0 aromatic rings. The molecule has 1 aliphatic heterocycles. The molecule has 2 N–H and O–H groups in total. The Labute approximate surface area is 84.2 Å². The zero-order chi connectivity index (χ0) is 10.8. The van der Waals surface area contributed by atoms with Crippen LogP contribution in [-0.2, 0) is 14.6 Å². The maximum atomic E-state index is 11.1. The van der Waals surface area contributed by atoms with Crippen LogP contribution in [0.1, 0.15) is 13.3 Å². The molecule has 1 rings (SSSR count). The summed E-state index contributed by atoms with van der Waals surface area (Å²) in [6.45, 7) is 2.71. The van der Waals surface area contributed by atoms with E-state index in [-0.39, 0.29) is 23.5 Å². The lowest BCUT2D eigenvalue weighted by atomic mass is 10.2. The monoisotopic (exact) mass is 220 g/mol. The first-order valence-electron chi connectivity index (χ1n) is 4.70. The van der Waals surface area contributed by atoms with Gasteiger partial charge in [-0.25, -0.2) is 8.42 Å². The van der Waals surface area contributed by atoms with Crippen LogP contribution < -0.4 is 5.73 Å². The van der Waals surface area contributed by atoms with Gasteiger partial charge in [0, 0.05) is 13.1 Å². The van der Waals surface area contributed by atoms with Crippen LogP contribution in [0.15, 0.2) is 0 Å². The fourth-order valence-corrected chi connectivity index (χ4v) is 2.91. The number of carbonyl (C=O) groups excluding carboxylic acids is 1. The molecule has 82 valence electrons. The Morgan fingerprint density at radius 3 is 2.29 bits per heavy atom. The molecule has 0 bridgehead atoms. The summed E-state index contributed by atoms with van der Waals surface area (Å²) in [4.78, 5) is 12.9. The van der Waals surface area contributed by atoms with E-state index < -0.39 is 9.84 Å². The summed E-state index contributed by atoms with van der Waals surface area (Å²) in [6, 6.07) is -0.314. The number of hydrogen-bond donors (Lipinski definition) is 1. The Balaban J connectivity index is 2.60. The molecular weight excluding hydrogens is 204 g/mol. The van der Waals surface area contributed by atoms with Crippen LogP contribution in [-0.4, -0.2) is 49.9 Å². The lowest BCUT2D eigenvalue weighted by molar-refractivity contribution is -0.123. The Kier molecular flexibility index (Phi) is 3.49. The minimum atomic E-state index is -2.88. The van der Waals surface area contributed by atoms with Gasteiger partial charge in [-0.3, -0.25) is 9.69 Å². The number of rotatable bonds is 3. The third-order valence-corrected chi connectivity index (χ3v) is 4.14. The van der Waals surface area contributed by atoms with Crippen LogP contribution in [0.4, 0.5) is 0 Å². The van der Waals surface area contributed by atoms with Gasteiger partial charge in [-0.2, -0.15) is 0 Å². The molecule has 0 aromatic carbocycles. The second kappa shape index (κ2) is 4.27. The molecule has 6 heteroatoms. The van der Waals surface area contributed by atoms with Crippen molar-refractivity contribution in [3.8, 4) is 0 Å². The Bertz CT molecular complexity index is 299. The van der Waals surface area contributed by atoms with Gasteiger partial charge in [-0.1, -0.05) is 6.92 Å². The summed E-state index contributed by atoms with van der Waals surface area (Å²) < 4.78 is 22.3. The molecule has 0 saturated carbocycles. The van der Waals surface area contributed by atoms with Crippen LogP contribution >= 0.6 is 0 Å². The van der Waals surface area contributed by atoms with Gasteiger partial charge in [-0.05, 0) is 6.42 Å². The number of nitrogens with two attached hydrogens (primary N) is 1. The topological polar surface area (TPSA) is 80.5 Å². The van der Waals surface area contributed by atoms with Crippen molar-refractivity contribution < 1.29 is 13.2 Å². The van der Waals surface area contributed by atoms with Crippen molar-refractivity contribution in [3.05, 3.63) is 0 Å². The van der Waals surface area contributed by atoms with Crippen molar-refractivity contribution in [1.29, 1.82) is 0 Å². The van der Waals surface area contributed by atoms with Crippen LogP contribution in [0, 0.1) is 0 Å². The largest absolute Gasteiger partial charge is 0.368 e. The van der Waals surface area contributed by atoms with E-state index in [1.807, 2.05) is 11.8 Å². The SMILES string of the molecule is CCC(C(N)=O)N1CCS(=O)(=O)CC1. The van der Waals surface area contributed by atoms with Gasteiger partial charge in [0.1, 0.15) is 0 Å². The quantitative estimate of drug-likeness (QED) is 0.660. The molecule has 0 aromatic heterocycles. The average Bonchev–Trinajstić information content (AvgIpc) is 2.08. The molecule has 1 amide bonds. The second-order valence-corrected chi connectivity index (χ2v) is 5.82. The van der Waals surface area contributed by atoms with Crippen molar-refractivity contribution in [2.45, 2.75) is 19.4 Å². The van der Waals surface area contributed by atoms with E-state index in [1.54, 1.807) is 0 Å². The Morgan fingerprint density at radius 2 is 1.93 bits per heavy atom. The molecule has 1 fully saturated rings. The van der Waals surface area contributed by atoms with Crippen molar-refractivity contribution in [3.63, 3.8) is 0 Å². The Hall–Kier alpha value is -0.620. The van der Waals surface area contributed by atoms with E-state index in [1.165, 1.54) is 0 Å². The summed E-state index contributed by atoms with van der Waals surface area (Å²) in [5.74, 6) is -0.0973. The summed E-state index contributed by atoms with van der Waals surface area (Å²) in [6.07, 6.45) is 0.634. The predicted octanol–water partition coefficient (Wildman–Crippen LogP) is -1.02. The number of sulfone groups is 1. The molecule has 1 saturated heterocycles. The lowest BCUT2D eigenvalue weighted by Crippen LogP contribution is -2.51. The summed E-state index contributed by atoms with van der Waals surface area (Å²) in [7, 11) is -2.88. The fourth-order valence-electron chi connectivity index (χ4n) is 1.68. The number of nitrogens with zero attached hydrogens (tertiary/aromatic N) is 1. The average molecular weight is 220 g/mol. The maximum Gasteiger partial charge on any atom is 0.234 e. The van der Waals surface area contributed by atoms with Gasteiger partial charge in [0.05, 0.1) is 17.5 Å². The molecular formula is C8H16N2O3S. The van der Waals surface area contributed by atoms with E-state index in [9.17, 15) is 13.2 Å². The van der Waals surface area contributed by atoms with Crippen LogP contribution in [0.5, 0.6) is 0 Å². The highest BCUT2D eigenvalue weighted by Gasteiger charge is 2.28. The molecule has 0 aliphatic carbocycles. The Morgan fingerprint density at radius 1 is 1.43 bits per heavy atom. The molecule has 1 unspecified atom stereocenters. The first-order valence-corrected chi connectivity index (χ1v) is 6.52. The first kappa shape index (κ1) is 11.5. The van der Waals surface area contributed by atoms with Crippen molar-refractivity contribution >= 4 is 15.7 Å². The third kappa shape index (κ3) is 2.68. The van der Waals surface area contributed by atoms with Gasteiger partial charge in [0.2, 0.25) is 5.91 Å². The standard InChI is InChI=1S/C8H16N2O3S/c1-2-7(8(9)11)10-3-5-14(12,13)6-4-10/h7H,2-6H2,1H3,(H2,9,11). The van der Waals surface area contributed by atoms with Gasteiger partial charge >= 0.3 is 0 Å². The normalized spacial score (nSPS) is 24.4. The van der Waals surface area contributed by atoms with Gasteiger partial charge in [-0.15, -0.1) is 0 Å². The summed E-state index contributed by atoms with van der Waals surface area (Å²) in [5.41, 5.74) is 5.22. The number of primary amides is 1. The molecule has 0 radical (unpaired) electrons. The minimum Gasteiger partial charge on any atom is -0.368 e. The second-order valence-electron chi connectivity index (χ2n) is 3.51. The van der Waals surface area contributed by atoms with Gasteiger partial charge in [0.15, 0.2) is 9.84 Å². The first-order chi connectivity index (χ1) is 6.46. The van der Waals surface area contributed by atoms with E-state index in [2.05, 4.69) is 0 Å². The minimum absolute atomic E-state index is 0.136. The fraction of sp³-hybridized carbons (Fsp3) is 0.875. The zero-order valence-electron chi connectivity index (χ0n) is 8.27. The van der Waals surface area contributed by atoms with E-state index in [4.69, 9.17) is 5.73 Å². The highest BCUT2D eigenvalue weighted by Crippen LogP contribution is 2.10. The number of amides is 1. The van der Waals surface area contributed by atoms with Gasteiger partial charge < -0.3 is 5.73 Å². The molecule has 5 nitrogen and oxygen atoms in total. The summed E-state index contributed by atoms with van der Waals surface area (Å²) >= 11 is 0.